The van der Waals surface area contributed by atoms with Crippen molar-refractivity contribution in [3.8, 4) is 5.75 Å². The Kier molecular flexibility index (Phi) is 6.27. The van der Waals surface area contributed by atoms with Crippen molar-refractivity contribution in [1.82, 2.24) is 15.3 Å². The lowest BCUT2D eigenvalue weighted by Crippen LogP contribution is -2.34. The minimum Gasteiger partial charge on any atom is -0.494 e. The highest BCUT2D eigenvalue weighted by atomic mass is 16.5. The van der Waals surface area contributed by atoms with E-state index in [1.807, 2.05) is 30.5 Å². The molecule has 1 aromatic heterocycles. The Labute approximate surface area is 172 Å². The Morgan fingerprint density at radius 3 is 2.79 bits per heavy atom. The van der Waals surface area contributed by atoms with Gasteiger partial charge in [-0.15, -0.1) is 0 Å². The number of hydrogen-bond donors (Lipinski definition) is 1. The van der Waals surface area contributed by atoms with Gasteiger partial charge in [0, 0.05) is 37.4 Å². The van der Waals surface area contributed by atoms with Crippen molar-refractivity contribution in [1.29, 1.82) is 0 Å². The highest BCUT2D eigenvalue weighted by molar-refractivity contribution is 5.79. The molecule has 0 radical (unpaired) electrons. The number of carbonyl (C=O) groups is 1. The molecule has 1 atom stereocenters. The number of carbonyl (C=O) groups excluding carboxylic acids is 1. The maximum absolute atomic E-state index is 12.7. The predicted octanol–water partition coefficient (Wildman–Crippen LogP) is 3.29. The first-order valence-electron chi connectivity index (χ1n) is 10.8. The first-order valence-corrected chi connectivity index (χ1v) is 10.8. The van der Waals surface area contributed by atoms with Crippen LogP contribution in [0.4, 0.5) is 5.95 Å². The minimum atomic E-state index is -0.00380. The van der Waals surface area contributed by atoms with Crippen LogP contribution >= 0.6 is 0 Å². The van der Waals surface area contributed by atoms with Gasteiger partial charge in [0.1, 0.15) is 5.75 Å². The molecule has 154 valence electrons. The molecule has 1 aliphatic heterocycles. The quantitative estimate of drug-likeness (QED) is 0.781. The number of benzene rings is 1. The highest BCUT2D eigenvalue weighted by Crippen LogP contribution is 2.26. The average Bonchev–Trinajstić information content (AvgIpc) is 3.31. The second-order valence-electron chi connectivity index (χ2n) is 7.99. The third-order valence-corrected chi connectivity index (χ3v) is 5.76. The summed E-state index contributed by atoms with van der Waals surface area (Å²) in [7, 11) is 0. The summed E-state index contributed by atoms with van der Waals surface area (Å²) in [6, 6.07) is 7.94. The number of aromatic nitrogens is 2. The van der Waals surface area contributed by atoms with E-state index in [4.69, 9.17) is 9.72 Å². The molecule has 1 fully saturated rings. The smallest absolute Gasteiger partial charge is 0.225 e. The van der Waals surface area contributed by atoms with E-state index < -0.39 is 0 Å². The molecular weight excluding hydrogens is 364 g/mol. The largest absolute Gasteiger partial charge is 0.494 e. The van der Waals surface area contributed by atoms with Crippen LogP contribution in [0, 0.1) is 5.92 Å². The lowest BCUT2D eigenvalue weighted by atomic mass is 9.86. The third-order valence-electron chi connectivity index (χ3n) is 5.76. The van der Waals surface area contributed by atoms with Gasteiger partial charge in [0.15, 0.2) is 0 Å². The molecule has 6 nitrogen and oxygen atoms in total. The molecule has 0 saturated carbocycles. The Hall–Kier alpha value is -2.63. The van der Waals surface area contributed by atoms with Gasteiger partial charge in [-0.2, -0.15) is 0 Å². The summed E-state index contributed by atoms with van der Waals surface area (Å²) in [4.78, 5) is 24.3. The van der Waals surface area contributed by atoms with E-state index in [1.54, 1.807) is 0 Å². The summed E-state index contributed by atoms with van der Waals surface area (Å²) in [6.45, 7) is 5.46. The molecule has 2 aliphatic rings. The van der Waals surface area contributed by atoms with Crippen LogP contribution in [0.1, 0.15) is 49.4 Å². The summed E-state index contributed by atoms with van der Waals surface area (Å²) < 4.78 is 5.60. The van der Waals surface area contributed by atoms with Crippen molar-refractivity contribution in [2.24, 2.45) is 5.92 Å². The lowest BCUT2D eigenvalue weighted by Gasteiger charge is -2.24. The predicted molar refractivity (Wildman–Crippen MR) is 113 cm³/mol. The maximum Gasteiger partial charge on any atom is 0.225 e. The maximum atomic E-state index is 12.7. The zero-order chi connectivity index (χ0) is 20.1. The monoisotopic (exact) mass is 394 g/mol. The first-order chi connectivity index (χ1) is 14.2. The van der Waals surface area contributed by atoms with E-state index in [2.05, 4.69) is 22.1 Å². The third kappa shape index (κ3) is 4.86. The molecule has 1 unspecified atom stereocenters. The van der Waals surface area contributed by atoms with E-state index in [9.17, 15) is 4.79 Å². The van der Waals surface area contributed by atoms with Crippen LogP contribution in [0.2, 0.25) is 0 Å². The number of amides is 1. The number of hydrogen-bond acceptors (Lipinski definition) is 5. The topological polar surface area (TPSA) is 67.3 Å². The molecular formula is C23H30N4O2. The lowest BCUT2D eigenvalue weighted by molar-refractivity contribution is -0.125. The molecule has 4 rings (SSSR count). The second-order valence-corrected chi connectivity index (χ2v) is 7.99. The molecule has 2 heterocycles. The fraction of sp³-hybridized carbons (Fsp3) is 0.522. The second kappa shape index (κ2) is 9.25. The van der Waals surface area contributed by atoms with Gasteiger partial charge in [-0.25, -0.2) is 9.97 Å². The Morgan fingerprint density at radius 2 is 2.03 bits per heavy atom. The fourth-order valence-electron chi connectivity index (χ4n) is 4.05. The van der Waals surface area contributed by atoms with Gasteiger partial charge < -0.3 is 15.0 Å². The van der Waals surface area contributed by atoms with Crippen molar-refractivity contribution in [2.45, 2.75) is 52.0 Å². The van der Waals surface area contributed by atoms with Crippen LogP contribution in [-0.4, -0.2) is 35.6 Å². The number of nitrogens with zero attached hydrogens (tertiary/aromatic N) is 3. The number of fused-ring (bicyclic) bond motifs is 1. The molecule has 0 spiro atoms. The van der Waals surface area contributed by atoms with Crippen LogP contribution in [-0.2, 0) is 24.2 Å². The van der Waals surface area contributed by atoms with Gasteiger partial charge in [0.25, 0.3) is 0 Å². The van der Waals surface area contributed by atoms with Crippen molar-refractivity contribution in [3.63, 3.8) is 0 Å². The number of ether oxygens (including phenoxy) is 1. The zero-order valence-corrected chi connectivity index (χ0v) is 17.2. The van der Waals surface area contributed by atoms with Crippen LogP contribution in [0.3, 0.4) is 0 Å². The van der Waals surface area contributed by atoms with Crippen molar-refractivity contribution < 1.29 is 9.53 Å². The van der Waals surface area contributed by atoms with Crippen LogP contribution < -0.4 is 15.0 Å². The van der Waals surface area contributed by atoms with E-state index in [1.165, 1.54) is 12.8 Å². The average molecular weight is 395 g/mol. The van der Waals surface area contributed by atoms with Crippen LogP contribution in [0.15, 0.2) is 30.5 Å². The van der Waals surface area contributed by atoms with Gasteiger partial charge in [-0.1, -0.05) is 19.1 Å². The molecule has 1 N–H and O–H groups in total. The molecule has 6 heteroatoms. The van der Waals surface area contributed by atoms with Crippen molar-refractivity contribution in [2.75, 3.05) is 24.6 Å². The summed E-state index contributed by atoms with van der Waals surface area (Å²) in [5.41, 5.74) is 3.32. The number of rotatable bonds is 7. The van der Waals surface area contributed by atoms with E-state index in [-0.39, 0.29) is 11.8 Å². The van der Waals surface area contributed by atoms with Gasteiger partial charge in [-0.3, -0.25) is 4.79 Å². The molecule has 0 bridgehead atoms. The molecule has 2 aromatic rings. The minimum absolute atomic E-state index is 0.00380. The fourth-order valence-corrected chi connectivity index (χ4v) is 4.05. The highest BCUT2D eigenvalue weighted by Gasteiger charge is 2.27. The summed E-state index contributed by atoms with van der Waals surface area (Å²) in [6.07, 6.45) is 7.79. The van der Waals surface area contributed by atoms with E-state index in [0.29, 0.717) is 6.54 Å². The van der Waals surface area contributed by atoms with Gasteiger partial charge >= 0.3 is 0 Å². The number of aryl methyl sites for hydroxylation is 1. The first kappa shape index (κ1) is 19.7. The molecule has 1 aliphatic carbocycles. The zero-order valence-electron chi connectivity index (χ0n) is 17.2. The Bertz CT molecular complexity index is 831. The standard InChI is InChI=1S/C23H30N4O2/c1-2-13-29-20-8-5-17(6-9-20)15-24-22(28)18-7-10-21-19(14-18)16-25-23(26-21)27-11-3-4-12-27/h5-6,8-9,16,18H,2-4,7,10-15H2,1H3,(H,24,28). The van der Waals surface area contributed by atoms with Crippen molar-refractivity contribution in [3.05, 3.63) is 47.3 Å². The van der Waals surface area contributed by atoms with Crippen LogP contribution in [0.25, 0.3) is 0 Å². The molecule has 1 amide bonds. The Morgan fingerprint density at radius 1 is 1.24 bits per heavy atom. The van der Waals surface area contributed by atoms with E-state index in [0.717, 1.165) is 73.9 Å². The SMILES string of the molecule is CCCOc1ccc(CNC(=O)C2CCc3nc(N4CCCC4)ncc3C2)cc1. The Balaban J connectivity index is 1.30. The van der Waals surface area contributed by atoms with Gasteiger partial charge in [-0.05, 0) is 61.8 Å². The summed E-state index contributed by atoms with van der Waals surface area (Å²) in [5, 5.41) is 3.09. The number of nitrogens with one attached hydrogen (secondary N) is 1. The van der Waals surface area contributed by atoms with E-state index >= 15 is 0 Å². The van der Waals surface area contributed by atoms with Crippen LogP contribution in [0.5, 0.6) is 5.75 Å². The molecule has 1 aromatic carbocycles. The van der Waals surface area contributed by atoms with Crippen molar-refractivity contribution >= 4 is 11.9 Å². The van der Waals surface area contributed by atoms with Gasteiger partial charge in [0.05, 0.1) is 6.61 Å². The normalized spacial score (nSPS) is 18.4. The molecule has 1 saturated heterocycles. The number of anilines is 1. The molecule has 29 heavy (non-hydrogen) atoms. The van der Waals surface area contributed by atoms with Gasteiger partial charge in [0.2, 0.25) is 11.9 Å². The summed E-state index contributed by atoms with van der Waals surface area (Å²) >= 11 is 0. The summed E-state index contributed by atoms with van der Waals surface area (Å²) in [5.74, 6) is 1.84.